The number of hydrogen-bond acceptors (Lipinski definition) is 2. The lowest BCUT2D eigenvalue weighted by atomic mass is 9.78. The highest BCUT2D eigenvalue weighted by Crippen LogP contribution is 2.33. The second-order valence-corrected chi connectivity index (χ2v) is 6.05. The first kappa shape index (κ1) is 18.0. The predicted molar refractivity (Wildman–Crippen MR) is 97.1 cm³/mol. The first-order valence-corrected chi connectivity index (χ1v) is 8.12. The number of nitrogens with one attached hydrogen (secondary N) is 1. The third-order valence-corrected chi connectivity index (χ3v) is 4.21. The molecular formula is C20H20ClNO2. The maximum atomic E-state index is 12.3. The average Bonchev–Trinajstić information content (AvgIpc) is 2.58. The number of rotatable bonds is 7. The third-order valence-electron chi connectivity index (χ3n) is 3.97. The van der Waals surface area contributed by atoms with Crippen molar-refractivity contribution in [1.29, 1.82) is 0 Å². The summed E-state index contributed by atoms with van der Waals surface area (Å²) in [5.41, 5.74) is 1.95. The van der Waals surface area contributed by atoms with Gasteiger partial charge in [-0.1, -0.05) is 60.6 Å². The molecule has 0 heterocycles. The molecule has 1 amide bonds. The zero-order valence-corrected chi connectivity index (χ0v) is 14.3. The molecule has 0 aromatic heterocycles. The van der Waals surface area contributed by atoms with Crippen molar-refractivity contribution in [2.75, 3.05) is 6.54 Å². The minimum absolute atomic E-state index is 0.00758. The van der Waals surface area contributed by atoms with Gasteiger partial charge in [-0.3, -0.25) is 9.59 Å². The highest BCUT2D eigenvalue weighted by Gasteiger charge is 2.29. The van der Waals surface area contributed by atoms with Crippen molar-refractivity contribution in [2.24, 2.45) is 5.92 Å². The van der Waals surface area contributed by atoms with Crippen LogP contribution in [0.2, 0.25) is 5.02 Å². The summed E-state index contributed by atoms with van der Waals surface area (Å²) in [6, 6.07) is 17.3. The van der Waals surface area contributed by atoms with Gasteiger partial charge < -0.3 is 5.32 Å². The summed E-state index contributed by atoms with van der Waals surface area (Å²) in [6.07, 6.45) is 1.20. The van der Waals surface area contributed by atoms with Crippen LogP contribution in [0.25, 0.3) is 0 Å². The fourth-order valence-electron chi connectivity index (χ4n) is 2.80. The van der Waals surface area contributed by atoms with Crippen molar-refractivity contribution in [3.63, 3.8) is 0 Å². The molecular weight excluding hydrogens is 322 g/mol. The second-order valence-electron chi connectivity index (χ2n) is 5.61. The van der Waals surface area contributed by atoms with Crippen LogP contribution in [0.3, 0.4) is 0 Å². The molecule has 0 aliphatic heterocycles. The Balaban J connectivity index is 2.44. The molecule has 0 saturated heterocycles. The van der Waals surface area contributed by atoms with Crippen LogP contribution < -0.4 is 5.32 Å². The highest BCUT2D eigenvalue weighted by molar-refractivity contribution is 6.30. The predicted octanol–water partition coefficient (Wildman–Crippen LogP) is 3.98. The van der Waals surface area contributed by atoms with E-state index in [-0.39, 0.29) is 24.2 Å². The SMILES string of the molecule is C=CC(=O)NCC(C(C)=O)C(c1ccccc1)c1cccc(Cl)c1. The Labute approximate surface area is 147 Å². The van der Waals surface area contributed by atoms with Crippen molar-refractivity contribution < 1.29 is 9.59 Å². The molecule has 0 bridgehead atoms. The lowest BCUT2D eigenvalue weighted by Crippen LogP contribution is -2.35. The quantitative estimate of drug-likeness (QED) is 0.774. The molecule has 3 nitrogen and oxygen atoms in total. The summed E-state index contributed by atoms with van der Waals surface area (Å²) in [5, 5.41) is 3.35. The van der Waals surface area contributed by atoms with Gasteiger partial charge in [-0.2, -0.15) is 0 Å². The van der Waals surface area contributed by atoms with Gasteiger partial charge in [-0.25, -0.2) is 0 Å². The average molecular weight is 342 g/mol. The topological polar surface area (TPSA) is 46.2 Å². The van der Waals surface area contributed by atoms with Crippen molar-refractivity contribution in [1.82, 2.24) is 5.32 Å². The van der Waals surface area contributed by atoms with Crippen molar-refractivity contribution in [3.8, 4) is 0 Å². The molecule has 2 rings (SSSR count). The molecule has 0 saturated carbocycles. The summed E-state index contributed by atoms with van der Waals surface area (Å²) in [4.78, 5) is 23.8. The molecule has 2 aromatic rings. The number of carbonyl (C=O) groups is 2. The lowest BCUT2D eigenvalue weighted by molar-refractivity contribution is -0.121. The largest absolute Gasteiger partial charge is 0.352 e. The molecule has 2 unspecified atom stereocenters. The van der Waals surface area contributed by atoms with E-state index in [2.05, 4.69) is 11.9 Å². The van der Waals surface area contributed by atoms with E-state index in [1.165, 1.54) is 6.08 Å². The number of Topliss-reactive ketones (excluding diaryl/α,β-unsaturated/α-hetero) is 1. The monoisotopic (exact) mass is 341 g/mol. The molecule has 2 aromatic carbocycles. The van der Waals surface area contributed by atoms with E-state index >= 15 is 0 Å². The second kappa shape index (κ2) is 8.46. The summed E-state index contributed by atoms with van der Waals surface area (Å²) < 4.78 is 0. The number of amides is 1. The molecule has 0 spiro atoms. The molecule has 4 heteroatoms. The van der Waals surface area contributed by atoms with Gasteiger partial charge in [0.05, 0.1) is 0 Å². The standard InChI is InChI=1S/C20H20ClNO2/c1-3-19(24)22-13-18(14(2)23)20(15-8-5-4-6-9-15)16-10-7-11-17(21)12-16/h3-12,18,20H,1,13H2,2H3,(H,22,24). The number of carbonyl (C=O) groups excluding carboxylic acids is 2. The van der Waals surface area contributed by atoms with Crippen LogP contribution >= 0.6 is 11.6 Å². The first-order valence-electron chi connectivity index (χ1n) is 7.74. The fraction of sp³-hybridized carbons (Fsp3) is 0.200. The number of hydrogen-bond donors (Lipinski definition) is 1. The van der Waals surface area contributed by atoms with Crippen molar-refractivity contribution in [3.05, 3.63) is 83.4 Å². The molecule has 0 fully saturated rings. The maximum Gasteiger partial charge on any atom is 0.243 e. The van der Waals surface area contributed by atoms with Crippen molar-refractivity contribution >= 4 is 23.3 Å². The minimum atomic E-state index is -0.394. The van der Waals surface area contributed by atoms with Gasteiger partial charge in [0.1, 0.15) is 5.78 Å². The molecule has 0 aliphatic rings. The molecule has 24 heavy (non-hydrogen) atoms. The van der Waals surface area contributed by atoms with E-state index < -0.39 is 5.92 Å². The normalized spacial score (nSPS) is 12.9. The van der Waals surface area contributed by atoms with Crippen molar-refractivity contribution in [2.45, 2.75) is 12.8 Å². The van der Waals surface area contributed by atoms with E-state index in [1.54, 1.807) is 13.0 Å². The van der Waals surface area contributed by atoms with Gasteiger partial charge in [0.2, 0.25) is 5.91 Å². The summed E-state index contributed by atoms with van der Waals surface area (Å²) in [7, 11) is 0. The first-order chi connectivity index (χ1) is 11.5. The van der Waals surface area contributed by atoms with Crippen LogP contribution in [-0.4, -0.2) is 18.2 Å². The van der Waals surface area contributed by atoms with Crippen LogP contribution in [0.4, 0.5) is 0 Å². The number of ketones is 1. The van der Waals surface area contributed by atoms with Gasteiger partial charge in [0, 0.05) is 23.4 Å². The summed E-state index contributed by atoms with van der Waals surface area (Å²) in [6.45, 7) is 5.23. The molecule has 0 aliphatic carbocycles. The zero-order valence-electron chi connectivity index (χ0n) is 13.5. The minimum Gasteiger partial charge on any atom is -0.352 e. The van der Waals surface area contributed by atoms with Gasteiger partial charge >= 0.3 is 0 Å². The van der Waals surface area contributed by atoms with Crippen LogP contribution in [-0.2, 0) is 9.59 Å². The van der Waals surface area contributed by atoms with Gasteiger partial charge in [-0.15, -0.1) is 0 Å². The molecule has 2 atom stereocenters. The third kappa shape index (κ3) is 4.56. The van der Waals surface area contributed by atoms with Crippen LogP contribution in [0.15, 0.2) is 67.3 Å². The zero-order chi connectivity index (χ0) is 17.5. The van der Waals surface area contributed by atoms with E-state index in [1.807, 2.05) is 48.5 Å². The lowest BCUT2D eigenvalue weighted by Gasteiger charge is -2.26. The number of halogens is 1. The van der Waals surface area contributed by atoms with Gasteiger partial charge in [0.15, 0.2) is 0 Å². The highest BCUT2D eigenvalue weighted by atomic mass is 35.5. The number of benzene rings is 2. The smallest absolute Gasteiger partial charge is 0.243 e. The maximum absolute atomic E-state index is 12.3. The molecule has 124 valence electrons. The van der Waals surface area contributed by atoms with E-state index in [9.17, 15) is 9.59 Å². The Kier molecular flexibility index (Phi) is 6.33. The van der Waals surface area contributed by atoms with Crippen LogP contribution in [0, 0.1) is 5.92 Å². The Bertz CT molecular complexity index is 727. The van der Waals surface area contributed by atoms with Crippen LogP contribution in [0.1, 0.15) is 24.0 Å². The Hall–Kier alpha value is -2.39. The molecule has 1 N–H and O–H groups in total. The van der Waals surface area contributed by atoms with Gasteiger partial charge in [0.25, 0.3) is 0 Å². The summed E-state index contributed by atoms with van der Waals surface area (Å²) >= 11 is 6.14. The van der Waals surface area contributed by atoms with E-state index in [0.29, 0.717) is 5.02 Å². The van der Waals surface area contributed by atoms with Crippen LogP contribution in [0.5, 0.6) is 0 Å². The Morgan fingerprint density at radius 3 is 2.38 bits per heavy atom. The van der Waals surface area contributed by atoms with E-state index in [4.69, 9.17) is 11.6 Å². The fourth-order valence-corrected chi connectivity index (χ4v) is 3.00. The Morgan fingerprint density at radius 2 is 1.79 bits per heavy atom. The van der Waals surface area contributed by atoms with Gasteiger partial charge in [-0.05, 0) is 36.3 Å². The van der Waals surface area contributed by atoms with E-state index in [0.717, 1.165) is 11.1 Å². The summed E-state index contributed by atoms with van der Waals surface area (Å²) in [5.74, 6) is -0.866. The molecule has 0 radical (unpaired) electrons. The Morgan fingerprint density at radius 1 is 1.12 bits per heavy atom.